The first-order chi connectivity index (χ1) is 25.8. The van der Waals surface area contributed by atoms with Crippen molar-refractivity contribution < 1.29 is 28.8 Å². The minimum atomic E-state index is -0.365. The molecule has 0 bridgehead atoms. The van der Waals surface area contributed by atoms with Crippen LogP contribution < -0.4 is 9.80 Å². The Labute approximate surface area is 304 Å². The van der Waals surface area contributed by atoms with Crippen LogP contribution in [0.15, 0.2) is 84.9 Å². The fourth-order valence-corrected chi connectivity index (χ4v) is 9.01. The largest absolute Gasteiger partial charge is 0.274 e. The molecule has 2 aliphatic carbocycles. The molecule has 0 radical (unpaired) electrons. The van der Waals surface area contributed by atoms with Crippen LogP contribution in [0.4, 0.5) is 11.4 Å². The summed E-state index contributed by atoms with van der Waals surface area (Å²) in [5, 5.41) is 0. The van der Waals surface area contributed by atoms with Crippen LogP contribution in [-0.2, 0) is 25.7 Å². The van der Waals surface area contributed by atoms with Crippen LogP contribution in [0.25, 0.3) is 22.3 Å². The van der Waals surface area contributed by atoms with E-state index in [1.165, 1.54) is 14.7 Å². The highest BCUT2D eigenvalue weighted by Gasteiger charge is 2.45. The number of fused-ring (bicyclic) bond motifs is 12. The van der Waals surface area contributed by atoms with Gasteiger partial charge in [0.15, 0.2) is 0 Å². The first kappa shape index (κ1) is 31.3. The van der Waals surface area contributed by atoms with Crippen molar-refractivity contribution >= 4 is 46.8 Å². The van der Waals surface area contributed by atoms with Crippen LogP contribution in [0, 0.1) is 0 Å². The monoisotopic (exact) mass is 697 g/mol. The number of carbonyl (C=O) groups is 6. The molecule has 258 valence electrons. The van der Waals surface area contributed by atoms with E-state index in [9.17, 15) is 28.8 Å². The van der Waals surface area contributed by atoms with Crippen molar-refractivity contribution in [3.63, 3.8) is 0 Å². The molecule has 0 saturated heterocycles. The van der Waals surface area contributed by atoms with Crippen molar-refractivity contribution in [2.24, 2.45) is 0 Å². The van der Waals surface area contributed by atoms with Crippen LogP contribution in [-0.4, -0.2) is 46.9 Å². The molecule has 3 heterocycles. The first-order valence-electron chi connectivity index (χ1n) is 18.1. The van der Waals surface area contributed by atoms with Crippen molar-refractivity contribution in [2.75, 3.05) is 16.3 Å². The number of anilines is 2. The minimum Gasteiger partial charge on any atom is -0.274 e. The smallest absolute Gasteiger partial charge is 0.266 e. The number of imide groups is 3. The number of amides is 6. The molecule has 10 rings (SSSR count). The van der Waals surface area contributed by atoms with Crippen LogP contribution in [0.1, 0.15) is 104 Å². The van der Waals surface area contributed by atoms with Crippen molar-refractivity contribution in [3.05, 3.63) is 141 Å². The van der Waals surface area contributed by atoms with Gasteiger partial charge in [0.05, 0.1) is 44.8 Å². The summed E-state index contributed by atoms with van der Waals surface area (Å²) in [5.74, 6) is -1.97. The van der Waals surface area contributed by atoms with E-state index in [0.717, 1.165) is 50.9 Å². The maximum absolute atomic E-state index is 14.1. The second-order valence-electron chi connectivity index (χ2n) is 14.2. The molecule has 0 aromatic heterocycles. The van der Waals surface area contributed by atoms with Gasteiger partial charge in [-0.25, -0.2) is 9.80 Å². The molecular weight excluding hydrogens is 666 g/mol. The lowest BCUT2D eigenvalue weighted by atomic mass is 9.72. The third-order valence-corrected chi connectivity index (χ3v) is 11.5. The summed E-state index contributed by atoms with van der Waals surface area (Å²) < 4.78 is 0. The van der Waals surface area contributed by atoms with E-state index in [2.05, 4.69) is 0 Å². The molecule has 0 N–H and O–H groups in total. The van der Waals surface area contributed by atoms with Gasteiger partial charge in [-0.1, -0.05) is 49.7 Å². The van der Waals surface area contributed by atoms with Gasteiger partial charge in [0.2, 0.25) is 0 Å². The molecule has 5 aliphatic rings. The van der Waals surface area contributed by atoms with Gasteiger partial charge in [-0.2, -0.15) is 0 Å². The summed E-state index contributed by atoms with van der Waals surface area (Å²) in [6, 6.07) is 24.8. The van der Waals surface area contributed by atoms with Gasteiger partial charge in [0.1, 0.15) is 0 Å². The van der Waals surface area contributed by atoms with Gasteiger partial charge < -0.3 is 0 Å². The second-order valence-corrected chi connectivity index (χ2v) is 14.2. The molecule has 9 heteroatoms. The predicted octanol–water partition coefficient (Wildman–Crippen LogP) is 7.22. The van der Waals surface area contributed by atoms with Crippen LogP contribution >= 0.6 is 0 Å². The minimum absolute atomic E-state index is 0.254. The highest BCUT2D eigenvalue weighted by Crippen LogP contribution is 2.52. The van der Waals surface area contributed by atoms with Crippen LogP contribution in [0.2, 0.25) is 0 Å². The summed E-state index contributed by atoms with van der Waals surface area (Å²) in [4.78, 5) is 85.8. The lowest BCUT2D eigenvalue weighted by molar-refractivity contribution is 0.0650. The maximum atomic E-state index is 14.1. The third kappa shape index (κ3) is 4.19. The Bertz CT molecular complexity index is 2360. The number of benzene rings is 5. The number of aryl methyl sites for hydroxylation is 2. The number of hydrogen-bond acceptors (Lipinski definition) is 6. The number of carbonyl (C=O) groups excluding carboxylic acids is 6. The molecule has 0 unspecified atom stereocenters. The summed E-state index contributed by atoms with van der Waals surface area (Å²) in [6.45, 7) is 2.38. The Kier molecular flexibility index (Phi) is 6.64. The van der Waals surface area contributed by atoms with E-state index >= 15 is 0 Å². The van der Waals surface area contributed by atoms with Gasteiger partial charge >= 0.3 is 0 Å². The van der Waals surface area contributed by atoms with Crippen molar-refractivity contribution in [1.82, 2.24) is 4.90 Å². The quantitative estimate of drug-likeness (QED) is 0.180. The fraction of sp³-hybridized carbons (Fsp3) is 0.182. The van der Waals surface area contributed by atoms with E-state index in [0.29, 0.717) is 83.4 Å². The predicted molar refractivity (Wildman–Crippen MR) is 198 cm³/mol. The summed E-state index contributed by atoms with van der Waals surface area (Å²) in [5.41, 5.74) is 10.5. The lowest BCUT2D eigenvalue weighted by Gasteiger charge is -2.31. The third-order valence-electron chi connectivity index (χ3n) is 11.5. The molecule has 6 amide bonds. The molecule has 5 aromatic rings. The standard InChI is InChI=1S/C44H31N3O6/c1-2-3-20-45-43(52)37-33-16-12-23-21-25(46-39(48)29-8-4-5-9-30(29)40(46)49)14-18-27(23)35(33)36-28-19-15-26(22-24(28)13-17-34(36)38(37)44(45)53)47-41(50)31-10-6-7-11-32(31)42(47)51/h4-11,14-15,18-19,21-22H,2-3,12-13,16-17,20H2,1H3. The molecule has 3 aliphatic heterocycles. The molecule has 53 heavy (non-hydrogen) atoms. The Morgan fingerprint density at radius 3 is 1.23 bits per heavy atom. The first-order valence-corrected chi connectivity index (χ1v) is 18.1. The second kappa shape index (κ2) is 11.3. The lowest BCUT2D eigenvalue weighted by Crippen LogP contribution is -2.31. The normalized spacial score (nSPS) is 16.4. The highest BCUT2D eigenvalue weighted by atomic mass is 16.2. The Balaban J connectivity index is 1.14. The van der Waals surface area contributed by atoms with Gasteiger partial charge in [0.25, 0.3) is 35.4 Å². The Morgan fingerprint density at radius 2 is 0.849 bits per heavy atom. The van der Waals surface area contributed by atoms with E-state index in [1.54, 1.807) is 60.7 Å². The Hall–Kier alpha value is -6.48. The zero-order valence-electron chi connectivity index (χ0n) is 28.8. The molecule has 0 fully saturated rings. The zero-order chi connectivity index (χ0) is 36.3. The van der Waals surface area contributed by atoms with E-state index < -0.39 is 0 Å². The number of rotatable bonds is 5. The maximum Gasteiger partial charge on any atom is 0.266 e. The van der Waals surface area contributed by atoms with Crippen molar-refractivity contribution in [1.29, 1.82) is 0 Å². The van der Waals surface area contributed by atoms with Crippen LogP contribution in [0.3, 0.4) is 0 Å². The van der Waals surface area contributed by atoms with Crippen molar-refractivity contribution in [3.8, 4) is 22.3 Å². The van der Waals surface area contributed by atoms with E-state index in [-0.39, 0.29) is 35.4 Å². The van der Waals surface area contributed by atoms with E-state index in [1.807, 2.05) is 31.2 Å². The van der Waals surface area contributed by atoms with Crippen LogP contribution in [0.5, 0.6) is 0 Å². The van der Waals surface area contributed by atoms with Gasteiger partial charge in [-0.05, 0) is 125 Å². The number of unbranched alkanes of at least 4 members (excludes halogenated alkanes) is 1. The topological polar surface area (TPSA) is 112 Å². The fourth-order valence-electron chi connectivity index (χ4n) is 9.01. The molecule has 5 aromatic carbocycles. The zero-order valence-corrected chi connectivity index (χ0v) is 28.8. The molecule has 0 saturated carbocycles. The van der Waals surface area contributed by atoms with E-state index in [4.69, 9.17) is 0 Å². The average molecular weight is 698 g/mol. The summed E-state index contributed by atoms with van der Waals surface area (Å²) in [6.07, 6.45) is 3.64. The SMILES string of the molecule is CCCCN1C(=O)c2c3c(c4c(c2C1=O)CCc1cc(N2C(=O)c5ccccc5C2=O)ccc1-4)-c1ccc(N2C(=O)c4ccccc4C2=O)cc1CC3. The molecular formula is C44H31N3O6. The summed E-state index contributed by atoms with van der Waals surface area (Å²) in [7, 11) is 0. The molecule has 0 spiro atoms. The molecule has 9 nitrogen and oxygen atoms in total. The summed E-state index contributed by atoms with van der Waals surface area (Å²) >= 11 is 0. The highest BCUT2D eigenvalue weighted by molar-refractivity contribution is 6.35. The van der Waals surface area contributed by atoms with Gasteiger partial charge in [0, 0.05) is 6.54 Å². The number of hydrogen-bond donors (Lipinski definition) is 0. The van der Waals surface area contributed by atoms with Crippen molar-refractivity contribution in [2.45, 2.75) is 45.4 Å². The number of nitrogens with zero attached hydrogens (tertiary/aromatic N) is 3. The average Bonchev–Trinajstić information content (AvgIpc) is 3.71. The Morgan fingerprint density at radius 1 is 0.453 bits per heavy atom. The van der Waals surface area contributed by atoms with Gasteiger partial charge in [-0.3, -0.25) is 33.7 Å². The van der Waals surface area contributed by atoms with Gasteiger partial charge in [-0.15, -0.1) is 0 Å². The molecule has 0 atom stereocenters.